The number of halogens is 1. The maximum Gasteiger partial charge on any atom is 0.191 e. The van der Waals surface area contributed by atoms with Gasteiger partial charge in [-0.1, -0.05) is 6.92 Å². The molecule has 0 saturated heterocycles. The van der Waals surface area contributed by atoms with E-state index in [9.17, 15) is 0 Å². The summed E-state index contributed by atoms with van der Waals surface area (Å²) in [6.07, 6.45) is 2.84. The van der Waals surface area contributed by atoms with Gasteiger partial charge in [0.2, 0.25) is 0 Å². The summed E-state index contributed by atoms with van der Waals surface area (Å²) in [5.74, 6) is 1.70. The van der Waals surface area contributed by atoms with Crippen LogP contribution in [0, 0.1) is 0 Å². The number of hydrogen-bond donors (Lipinski definition) is 2. The van der Waals surface area contributed by atoms with Crippen molar-refractivity contribution in [1.29, 1.82) is 0 Å². The second kappa shape index (κ2) is 11.0. The molecule has 1 aromatic rings. The number of nitrogens with one attached hydrogen (secondary N) is 2. The maximum atomic E-state index is 5.26. The van der Waals surface area contributed by atoms with Gasteiger partial charge in [-0.3, -0.25) is 4.99 Å². The zero-order valence-corrected chi connectivity index (χ0v) is 15.2. The van der Waals surface area contributed by atoms with Crippen LogP contribution < -0.4 is 10.6 Å². The summed E-state index contributed by atoms with van der Waals surface area (Å²) in [5.41, 5.74) is 0. The SMILES string of the molecule is CCC(C)N(C)CCNC(=NC)NCc1ccco1.I. The molecule has 20 heavy (non-hydrogen) atoms. The largest absolute Gasteiger partial charge is 0.467 e. The molecule has 5 nitrogen and oxygen atoms in total. The van der Waals surface area contributed by atoms with Gasteiger partial charge in [-0.25, -0.2) is 0 Å². The lowest BCUT2D eigenvalue weighted by Crippen LogP contribution is -2.42. The van der Waals surface area contributed by atoms with Gasteiger partial charge in [0, 0.05) is 26.2 Å². The molecule has 2 N–H and O–H groups in total. The van der Waals surface area contributed by atoms with Gasteiger partial charge in [-0.2, -0.15) is 0 Å². The van der Waals surface area contributed by atoms with Crippen LogP contribution in [0.3, 0.4) is 0 Å². The Bertz CT molecular complexity index is 367. The highest BCUT2D eigenvalue weighted by atomic mass is 127. The fraction of sp³-hybridized carbons (Fsp3) is 0.643. The third kappa shape index (κ3) is 7.14. The molecule has 0 saturated carbocycles. The summed E-state index contributed by atoms with van der Waals surface area (Å²) in [6, 6.07) is 4.44. The minimum absolute atomic E-state index is 0. The zero-order valence-electron chi connectivity index (χ0n) is 12.8. The lowest BCUT2D eigenvalue weighted by atomic mass is 10.2. The number of furan rings is 1. The molecule has 1 aromatic heterocycles. The van der Waals surface area contributed by atoms with Crippen LogP contribution in [-0.4, -0.2) is 44.1 Å². The lowest BCUT2D eigenvalue weighted by Gasteiger charge is -2.23. The average Bonchev–Trinajstić information content (AvgIpc) is 2.94. The van der Waals surface area contributed by atoms with Crippen molar-refractivity contribution in [2.75, 3.05) is 27.2 Å². The monoisotopic (exact) mass is 394 g/mol. The van der Waals surface area contributed by atoms with Crippen molar-refractivity contribution < 1.29 is 4.42 Å². The number of nitrogens with zero attached hydrogens (tertiary/aromatic N) is 2. The Morgan fingerprint density at radius 3 is 2.75 bits per heavy atom. The molecular weight excluding hydrogens is 367 g/mol. The first-order valence-corrected chi connectivity index (χ1v) is 6.84. The fourth-order valence-electron chi connectivity index (χ4n) is 1.69. The van der Waals surface area contributed by atoms with E-state index in [1.165, 1.54) is 6.42 Å². The average molecular weight is 394 g/mol. The molecule has 1 heterocycles. The van der Waals surface area contributed by atoms with E-state index in [2.05, 4.69) is 41.4 Å². The van der Waals surface area contributed by atoms with E-state index in [0.29, 0.717) is 12.6 Å². The van der Waals surface area contributed by atoms with Gasteiger partial charge in [0.25, 0.3) is 0 Å². The summed E-state index contributed by atoms with van der Waals surface area (Å²) >= 11 is 0. The van der Waals surface area contributed by atoms with E-state index < -0.39 is 0 Å². The van der Waals surface area contributed by atoms with Crippen molar-refractivity contribution in [3.8, 4) is 0 Å². The van der Waals surface area contributed by atoms with Crippen LogP contribution in [0.2, 0.25) is 0 Å². The molecule has 6 heteroatoms. The molecule has 1 atom stereocenters. The van der Waals surface area contributed by atoms with Gasteiger partial charge in [0.15, 0.2) is 5.96 Å². The molecule has 0 radical (unpaired) electrons. The van der Waals surface area contributed by atoms with Gasteiger partial charge in [0.05, 0.1) is 12.8 Å². The van der Waals surface area contributed by atoms with Crippen LogP contribution >= 0.6 is 24.0 Å². The van der Waals surface area contributed by atoms with E-state index in [1.54, 1.807) is 13.3 Å². The Kier molecular flexibility index (Phi) is 10.5. The quantitative estimate of drug-likeness (QED) is 0.423. The summed E-state index contributed by atoms with van der Waals surface area (Å²) in [6.45, 7) is 6.96. The summed E-state index contributed by atoms with van der Waals surface area (Å²) < 4.78 is 5.26. The molecule has 0 spiro atoms. The van der Waals surface area contributed by atoms with Gasteiger partial charge < -0.3 is 20.0 Å². The van der Waals surface area contributed by atoms with Crippen LogP contribution in [0.25, 0.3) is 0 Å². The Labute approximate surface area is 139 Å². The first kappa shape index (κ1) is 19.2. The Hall–Kier alpha value is -0.760. The predicted molar refractivity (Wildman–Crippen MR) is 94.7 cm³/mol. The molecule has 0 fully saturated rings. The minimum Gasteiger partial charge on any atom is -0.467 e. The number of hydrogen-bond acceptors (Lipinski definition) is 3. The number of guanidine groups is 1. The standard InChI is InChI=1S/C14H26N4O.HI/c1-5-12(2)18(4)9-8-16-14(15-3)17-11-13-7-6-10-19-13;/h6-7,10,12H,5,8-9,11H2,1-4H3,(H2,15,16,17);1H. The third-order valence-electron chi connectivity index (χ3n) is 3.33. The van der Waals surface area contributed by atoms with E-state index in [0.717, 1.165) is 24.8 Å². The van der Waals surface area contributed by atoms with Crippen LogP contribution in [0.4, 0.5) is 0 Å². The first-order chi connectivity index (χ1) is 9.17. The Morgan fingerprint density at radius 2 is 2.20 bits per heavy atom. The van der Waals surface area contributed by atoms with Gasteiger partial charge in [-0.15, -0.1) is 24.0 Å². The van der Waals surface area contributed by atoms with E-state index in [1.807, 2.05) is 12.1 Å². The normalized spacial score (nSPS) is 12.9. The van der Waals surface area contributed by atoms with Crippen LogP contribution in [0.1, 0.15) is 26.0 Å². The summed E-state index contributed by atoms with van der Waals surface area (Å²) in [5, 5.41) is 6.51. The zero-order chi connectivity index (χ0) is 14.1. The molecule has 0 amide bonds. The van der Waals surface area contributed by atoms with E-state index in [-0.39, 0.29) is 24.0 Å². The number of likely N-dealkylation sites (N-methyl/N-ethyl adjacent to an activating group) is 1. The smallest absolute Gasteiger partial charge is 0.191 e. The van der Waals surface area contributed by atoms with Gasteiger partial charge in [0.1, 0.15) is 5.76 Å². The molecule has 0 aliphatic rings. The Balaban J connectivity index is 0.00000361. The number of aliphatic imine (C=N–C) groups is 1. The molecule has 0 aromatic carbocycles. The molecule has 0 aliphatic carbocycles. The van der Waals surface area contributed by atoms with Gasteiger partial charge >= 0.3 is 0 Å². The molecule has 0 bridgehead atoms. The van der Waals surface area contributed by atoms with Crippen molar-refractivity contribution in [1.82, 2.24) is 15.5 Å². The van der Waals surface area contributed by atoms with Crippen LogP contribution in [-0.2, 0) is 6.54 Å². The molecule has 1 unspecified atom stereocenters. The van der Waals surface area contributed by atoms with Crippen LogP contribution in [0.15, 0.2) is 27.8 Å². The van der Waals surface area contributed by atoms with E-state index >= 15 is 0 Å². The van der Waals surface area contributed by atoms with E-state index in [4.69, 9.17) is 4.42 Å². The molecular formula is C14H27IN4O. The Morgan fingerprint density at radius 1 is 1.45 bits per heavy atom. The molecule has 0 aliphatic heterocycles. The van der Waals surface area contributed by atoms with Crippen molar-refractivity contribution in [3.05, 3.63) is 24.2 Å². The predicted octanol–water partition coefficient (Wildman–Crippen LogP) is 2.29. The van der Waals surface area contributed by atoms with Crippen molar-refractivity contribution >= 4 is 29.9 Å². The molecule has 116 valence electrons. The number of rotatable bonds is 7. The van der Waals surface area contributed by atoms with Crippen molar-refractivity contribution in [2.24, 2.45) is 4.99 Å². The van der Waals surface area contributed by atoms with Crippen LogP contribution in [0.5, 0.6) is 0 Å². The van der Waals surface area contributed by atoms with Crippen molar-refractivity contribution in [2.45, 2.75) is 32.9 Å². The van der Waals surface area contributed by atoms with Gasteiger partial charge in [-0.05, 0) is 32.5 Å². The summed E-state index contributed by atoms with van der Waals surface area (Å²) in [4.78, 5) is 6.52. The minimum atomic E-state index is 0. The second-order valence-electron chi connectivity index (χ2n) is 4.67. The first-order valence-electron chi connectivity index (χ1n) is 6.84. The maximum absolute atomic E-state index is 5.26. The topological polar surface area (TPSA) is 52.8 Å². The highest BCUT2D eigenvalue weighted by Crippen LogP contribution is 1.99. The highest BCUT2D eigenvalue weighted by Gasteiger charge is 2.06. The fourth-order valence-corrected chi connectivity index (χ4v) is 1.69. The highest BCUT2D eigenvalue weighted by molar-refractivity contribution is 14.0. The second-order valence-corrected chi connectivity index (χ2v) is 4.67. The third-order valence-corrected chi connectivity index (χ3v) is 3.33. The summed E-state index contributed by atoms with van der Waals surface area (Å²) in [7, 11) is 3.92. The lowest BCUT2D eigenvalue weighted by molar-refractivity contribution is 0.255. The molecule has 1 rings (SSSR count). The van der Waals surface area contributed by atoms with Crippen molar-refractivity contribution in [3.63, 3.8) is 0 Å².